The summed E-state index contributed by atoms with van der Waals surface area (Å²) in [5.41, 5.74) is 1.55. The Kier molecular flexibility index (Phi) is 5.32. The van der Waals surface area contributed by atoms with Crippen molar-refractivity contribution < 1.29 is 0 Å². The lowest BCUT2D eigenvalue weighted by Crippen LogP contribution is -2.43. The average Bonchev–Trinajstić information content (AvgIpc) is 2.56. The molecular formula is C19H30N2. The van der Waals surface area contributed by atoms with E-state index in [-0.39, 0.29) is 0 Å². The molecule has 0 bridgehead atoms. The predicted octanol–water partition coefficient (Wildman–Crippen LogP) is 3.64. The lowest BCUT2D eigenvalue weighted by atomic mass is 9.79. The van der Waals surface area contributed by atoms with Crippen LogP contribution >= 0.6 is 0 Å². The van der Waals surface area contributed by atoms with Crippen LogP contribution < -0.4 is 5.32 Å². The number of likely N-dealkylation sites (N-methyl/N-ethyl adjacent to an activating group) is 1. The second-order valence-corrected chi connectivity index (χ2v) is 7.00. The van der Waals surface area contributed by atoms with Gasteiger partial charge in [0.15, 0.2) is 0 Å². The number of hydrogen-bond donors (Lipinski definition) is 1. The second-order valence-electron chi connectivity index (χ2n) is 7.00. The second kappa shape index (κ2) is 7.42. The van der Waals surface area contributed by atoms with Crippen molar-refractivity contribution in [3.8, 4) is 0 Å². The first-order valence-corrected chi connectivity index (χ1v) is 8.80. The molecule has 1 aromatic carbocycles. The van der Waals surface area contributed by atoms with Gasteiger partial charge in [0.2, 0.25) is 0 Å². The van der Waals surface area contributed by atoms with Gasteiger partial charge in [-0.3, -0.25) is 0 Å². The van der Waals surface area contributed by atoms with E-state index in [1.54, 1.807) is 5.56 Å². The van der Waals surface area contributed by atoms with Crippen LogP contribution in [0, 0.1) is 5.92 Å². The maximum atomic E-state index is 3.48. The standard InChI is InChI=1S/C19H30N2/c1-21(15-16-11-13-20-14-12-16)19-10-6-5-9-18(19)17-7-3-2-4-8-17/h2-4,7-8,16,18-20H,5-6,9-15H2,1H3. The number of hydrogen-bond acceptors (Lipinski definition) is 2. The first-order chi connectivity index (χ1) is 10.3. The highest BCUT2D eigenvalue weighted by molar-refractivity contribution is 5.22. The van der Waals surface area contributed by atoms with Crippen molar-refractivity contribution in [3.63, 3.8) is 0 Å². The van der Waals surface area contributed by atoms with Crippen LogP contribution in [0.5, 0.6) is 0 Å². The number of nitrogens with one attached hydrogen (secondary N) is 1. The van der Waals surface area contributed by atoms with E-state index in [1.165, 1.54) is 58.2 Å². The van der Waals surface area contributed by atoms with E-state index >= 15 is 0 Å². The van der Waals surface area contributed by atoms with Gasteiger partial charge >= 0.3 is 0 Å². The molecule has 1 saturated heterocycles. The van der Waals surface area contributed by atoms with Crippen LogP contribution in [-0.4, -0.2) is 37.6 Å². The summed E-state index contributed by atoms with van der Waals surface area (Å²) in [5, 5.41) is 3.48. The van der Waals surface area contributed by atoms with Crippen molar-refractivity contribution in [3.05, 3.63) is 35.9 Å². The van der Waals surface area contributed by atoms with Crippen LogP contribution in [0.25, 0.3) is 0 Å². The molecule has 0 spiro atoms. The van der Waals surface area contributed by atoms with Gasteiger partial charge in [0.05, 0.1) is 0 Å². The number of nitrogens with zero attached hydrogens (tertiary/aromatic N) is 1. The largest absolute Gasteiger partial charge is 0.317 e. The zero-order valence-electron chi connectivity index (χ0n) is 13.4. The smallest absolute Gasteiger partial charge is 0.0161 e. The van der Waals surface area contributed by atoms with Crippen molar-refractivity contribution in [2.45, 2.75) is 50.5 Å². The quantitative estimate of drug-likeness (QED) is 0.909. The van der Waals surface area contributed by atoms with Gasteiger partial charge in [-0.25, -0.2) is 0 Å². The van der Waals surface area contributed by atoms with Gasteiger partial charge in [-0.15, -0.1) is 0 Å². The van der Waals surface area contributed by atoms with Gasteiger partial charge in [-0.05, 0) is 63.2 Å². The first kappa shape index (κ1) is 15.1. The lowest BCUT2D eigenvalue weighted by Gasteiger charge is -2.40. The fourth-order valence-electron chi connectivity index (χ4n) is 4.33. The topological polar surface area (TPSA) is 15.3 Å². The maximum absolute atomic E-state index is 3.48. The third kappa shape index (κ3) is 3.87. The number of piperidine rings is 1. The van der Waals surface area contributed by atoms with Gasteiger partial charge in [-0.2, -0.15) is 0 Å². The van der Waals surface area contributed by atoms with Crippen LogP contribution in [0.3, 0.4) is 0 Å². The van der Waals surface area contributed by atoms with Crippen LogP contribution in [-0.2, 0) is 0 Å². The highest BCUT2D eigenvalue weighted by atomic mass is 15.1. The molecule has 2 heteroatoms. The monoisotopic (exact) mass is 286 g/mol. The molecule has 0 amide bonds. The van der Waals surface area contributed by atoms with Gasteiger partial charge in [-0.1, -0.05) is 43.2 Å². The minimum absolute atomic E-state index is 0.742. The van der Waals surface area contributed by atoms with Crippen LogP contribution in [0.15, 0.2) is 30.3 Å². The molecule has 1 N–H and O–H groups in total. The Morgan fingerprint density at radius 2 is 1.71 bits per heavy atom. The van der Waals surface area contributed by atoms with E-state index in [0.717, 1.165) is 17.9 Å². The summed E-state index contributed by atoms with van der Waals surface area (Å²) in [5.74, 6) is 1.64. The van der Waals surface area contributed by atoms with Crippen molar-refractivity contribution in [2.24, 2.45) is 5.92 Å². The molecule has 2 aliphatic rings. The van der Waals surface area contributed by atoms with Gasteiger partial charge in [0.1, 0.15) is 0 Å². The molecule has 3 rings (SSSR count). The summed E-state index contributed by atoms with van der Waals surface area (Å²) < 4.78 is 0. The predicted molar refractivity (Wildman–Crippen MR) is 89.7 cm³/mol. The minimum atomic E-state index is 0.742. The maximum Gasteiger partial charge on any atom is 0.0161 e. The summed E-state index contributed by atoms with van der Waals surface area (Å²) in [6.45, 7) is 3.71. The first-order valence-electron chi connectivity index (χ1n) is 8.80. The summed E-state index contributed by atoms with van der Waals surface area (Å²) in [7, 11) is 2.37. The van der Waals surface area contributed by atoms with Crippen LogP contribution in [0.2, 0.25) is 0 Å². The fourth-order valence-corrected chi connectivity index (χ4v) is 4.33. The molecule has 2 atom stereocenters. The number of rotatable bonds is 4. The summed E-state index contributed by atoms with van der Waals surface area (Å²) >= 11 is 0. The van der Waals surface area contributed by atoms with E-state index in [4.69, 9.17) is 0 Å². The molecule has 1 saturated carbocycles. The lowest BCUT2D eigenvalue weighted by molar-refractivity contribution is 0.135. The van der Waals surface area contributed by atoms with E-state index in [1.807, 2.05) is 0 Å². The Labute approximate surface area is 129 Å². The fraction of sp³-hybridized carbons (Fsp3) is 0.684. The van der Waals surface area contributed by atoms with Crippen molar-refractivity contribution in [1.82, 2.24) is 10.2 Å². The summed E-state index contributed by atoms with van der Waals surface area (Å²) in [4.78, 5) is 2.69. The molecular weight excluding hydrogens is 256 g/mol. The molecule has 0 aromatic heterocycles. The van der Waals surface area contributed by atoms with Gasteiger partial charge < -0.3 is 10.2 Å². The van der Waals surface area contributed by atoms with Crippen LogP contribution in [0.4, 0.5) is 0 Å². The zero-order chi connectivity index (χ0) is 14.5. The zero-order valence-corrected chi connectivity index (χ0v) is 13.4. The Balaban J connectivity index is 1.65. The van der Waals surface area contributed by atoms with Gasteiger partial charge in [0, 0.05) is 12.6 Å². The SMILES string of the molecule is CN(CC1CCNCC1)C1CCCCC1c1ccccc1. The van der Waals surface area contributed by atoms with E-state index in [0.29, 0.717) is 0 Å². The Morgan fingerprint density at radius 3 is 2.48 bits per heavy atom. The molecule has 1 aliphatic heterocycles. The Bertz CT molecular complexity index is 411. The van der Waals surface area contributed by atoms with Gasteiger partial charge in [0.25, 0.3) is 0 Å². The molecule has 2 nitrogen and oxygen atoms in total. The molecule has 21 heavy (non-hydrogen) atoms. The molecule has 2 unspecified atom stereocenters. The molecule has 2 fully saturated rings. The average molecular weight is 286 g/mol. The normalized spacial score (nSPS) is 27.9. The van der Waals surface area contributed by atoms with E-state index < -0.39 is 0 Å². The Hall–Kier alpha value is -0.860. The summed E-state index contributed by atoms with van der Waals surface area (Å²) in [6.07, 6.45) is 8.26. The highest BCUT2D eigenvalue weighted by Crippen LogP contribution is 2.36. The molecule has 1 heterocycles. The van der Waals surface area contributed by atoms with Crippen molar-refractivity contribution in [2.75, 3.05) is 26.7 Å². The third-order valence-corrected chi connectivity index (χ3v) is 5.53. The molecule has 0 radical (unpaired) electrons. The number of benzene rings is 1. The molecule has 116 valence electrons. The van der Waals surface area contributed by atoms with Crippen molar-refractivity contribution in [1.29, 1.82) is 0 Å². The third-order valence-electron chi connectivity index (χ3n) is 5.53. The molecule has 1 aromatic rings. The Morgan fingerprint density at radius 1 is 1.00 bits per heavy atom. The van der Waals surface area contributed by atoms with Crippen LogP contribution in [0.1, 0.15) is 50.0 Å². The highest BCUT2D eigenvalue weighted by Gasteiger charge is 2.30. The van der Waals surface area contributed by atoms with Crippen molar-refractivity contribution >= 4 is 0 Å². The molecule has 1 aliphatic carbocycles. The van der Waals surface area contributed by atoms with E-state index in [2.05, 4.69) is 47.6 Å². The van der Waals surface area contributed by atoms with E-state index in [9.17, 15) is 0 Å². The summed E-state index contributed by atoms with van der Waals surface area (Å²) in [6, 6.07) is 12.0. The minimum Gasteiger partial charge on any atom is -0.317 e.